The highest BCUT2D eigenvalue weighted by molar-refractivity contribution is 7.91. The summed E-state index contributed by atoms with van der Waals surface area (Å²) in [7, 11) is -1.34. The minimum absolute atomic E-state index is 0.0351. The lowest BCUT2D eigenvalue weighted by Gasteiger charge is -2.26. The highest BCUT2D eigenvalue weighted by atomic mass is 32.2. The van der Waals surface area contributed by atoms with Crippen LogP contribution < -0.4 is 4.74 Å². The van der Waals surface area contributed by atoms with Crippen molar-refractivity contribution in [1.29, 1.82) is 0 Å². The lowest BCUT2D eigenvalue weighted by Crippen LogP contribution is -2.35. The van der Waals surface area contributed by atoms with Gasteiger partial charge in [-0.1, -0.05) is 24.3 Å². The van der Waals surface area contributed by atoms with Crippen LogP contribution >= 0.6 is 0 Å². The maximum absolute atomic E-state index is 12.0. The predicted molar refractivity (Wildman–Crippen MR) is 103 cm³/mol. The molecule has 6 nitrogen and oxygen atoms in total. The molecule has 0 N–H and O–H groups in total. The van der Waals surface area contributed by atoms with E-state index in [4.69, 9.17) is 9.15 Å². The second-order valence-electron chi connectivity index (χ2n) is 6.89. The third-order valence-electron chi connectivity index (χ3n) is 4.95. The molecule has 1 fully saturated rings. The average Bonchev–Trinajstić information content (AvgIpc) is 3.24. The van der Waals surface area contributed by atoms with E-state index in [0.717, 1.165) is 22.4 Å². The number of sulfone groups is 1. The molecule has 3 aromatic rings. The Hall–Kier alpha value is -2.38. The number of hydrogen-bond acceptors (Lipinski definition) is 6. The molecule has 0 bridgehead atoms. The molecule has 1 saturated heterocycles. The molecule has 0 amide bonds. The first-order chi connectivity index (χ1) is 13.0. The molecule has 0 unspecified atom stereocenters. The van der Waals surface area contributed by atoms with E-state index in [0.29, 0.717) is 25.4 Å². The SMILES string of the molecule is COc1ccc(CN(Cc2nc3ccccc3o2)[C@H]2CCS(=O)(=O)C2)cc1. The number of ether oxygens (including phenoxy) is 1. The summed E-state index contributed by atoms with van der Waals surface area (Å²) in [5, 5.41) is 0. The number of benzene rings is 2. The van der Waals surface area contributed by atoms with Gasteiger partial charge < -0.3 is 9.15 Å². The molecule has 0 radical (unpaired) electrons. The molecule has 0 saturated carbocycles. The summed E-state index contributed by atoms with van der Waals surface area (Å²) in [6.07, 6.45) is 0.638. The monoisotopic (exact) mass is 386 g/mol. The van der Waals surface area contributed by atoms with E-state index < -0.39 is 9.84 Å². The van der Waals surface area contributed by atoms with Crippen molar-refractivity contribution in [2.24, 2.45) is 0 Å². The van der Waals surface area contributed by atoms with Gasteiger partial charge in [0.1, 0.15) is 11.3 Å². The zero-order valence-electron chi connectivity index (χ0n) is 15.2. The Morgan fingerprint density at radius 2 is 1.93 bits per heavy atom. The highest BCUT2D eigenvalue weighted by Crippen LogP contribution is 2.24. The minimum Gasteiger partial charge on any atom is -0.497 e. The first kappa shape index (κ1) is 18.0. The number of para-hydroxylation sites is 2. The van der Waals surface area contributed by atoms with Crippen molar-refractivity contribution in [3.63, 3.8) is 0 Å². The maximum Gasteiger partial charge on any atom is 0.209 e. The van der Waals surface area contributed by atoms with Crippen LogP contribution in [0.5, 0.6) is 5.75 Å². The van der Waals surface area contributed by atoms with E-state index >= 15 is 0 Å². The number of methoxy groups -OCH3 is 1. The average molecular weight is 386 g/mol. The van der Waals surface area contributed by atoms with E-state index in [1.807, 2.05) is 48.5 Å². The Morgan fingerprint density at radius 3 is 2.59 bits per heavy atom. The molecule has 4 rings (SSSR count). The number of rotatable bonds is 6. The van der Waals surface area contributed by atoms with Crippen LogP contribution in [-0.4, -0.2) is 43.0 Å². The van der Waals surface area contributed by atoms with Gasteiger partial charge in [-0.25, -0.2) is 13.4 Å². The van der Waals surface area contributed by atoms with Crippen molar-refractivity contribution in [3.8, 4) is 5.75 Å². The van der Waals surface area contributed by atoms with Crippen LogP contribution in [0.15, 0.2) is 52.9 Å². The fraction of sp³-hybridized carbons (Fsp3) is 0.350. The Morgan fingerprint density at radius 1 is 1.15 bits per heavy atom. The van der Waals surface area contributed by atoms with Crippen molar-refractivity contribution in [2.45, 2.75) is 25.6 Å². The zero-order chi connectivity index (χ0) is 18.9. The summed E-state index contributed by atoms with van der Waals surface area (Å²) in [5.41, 5.74) is 2.66. The molecule has 1 aromatic heterocycles. The molecular weight excluding hydrogens is 364 g/mol. The Labute approximate surface area is 158 Å². The Balaban J connectivity index is 1.58. The van der Waals surface area contributed by atoms with Gasteiger partial charge >= 0.3 is 0 Å². The van der Waals surface area contributed by atoms with Crippen LogP contribution in [0, 0.1) is 0 Å². The van der Waals surface area contributed by atoms with Crippen LogP contribution in [0.4, 0.5) is 0 Å². The third kappa shape index (κ3) is 4.14. The maximum atomic E-state index is 12.0. The lowest BCUT2D eigenvalue weighted by atomic mass is 10.1. The number of nitrogens with zero attached hydrogens (tertiary/aromatic N) is 2. The zero-order valence-corrected chi connectivity index (χ0v) is 16.0. The number of fused-ring (bicyclic) bond motifs is 1. The topological polar surface area (TPSA) is 72.6 Å². The van der Waals surface area contributed by atoms with Gasteiger partial charge in [0.05, 0.1) is 25.2 Å². The Bertz CT molecular complexity index is 995. The van der Waals surface area contributed by atoms with E-state index in [9.17, 15) is 8.42 Å². The van der Waals surface area contributed by atoms with Gasteiger partial charge in [0, 0.05) is 12.6 Å². The normalized spacial score (nSPS) is 19.0. The second kappa shape index (κ2) is 7.32. The van der Waals surface area contributed by atoms with Gasteiger partial charge in [0.15, 0.2) is 15.4 Å². The van der Waals surface area contributed by atoms with Crippen LogP contribution in [-0.2, 0) is 22.9 Å². The third-order valence-corrected chi connectivity index (χ3v) is 6.70. The quantitative estimate of drug-likeness (QED) is 0.648. The Kier molecular flexibility index (Phi) is 4.88. The van der Waals surface area contributed by atoms with Gasteiger partial charge in [-0.15, -0.1) is 0 Å². The first-order valence-electron chi connectivity index (χ1n) is 8.94. The molecule has 1 aliphatic rings. The molecule has 1 aliphatic heterocycles. The smallest absolute Gasteiger partial charge is 0.209 e. The van der Waals surface area contributed by atoms with Crippen molar-refractivity contribution in [2.75, 3.05) is 18.6 Å². The van der Waals surface area contributed by atoms with Crippen molar-refractivity contribution < 1.29 is 17.6 Å². The van der Waals surface area contributed by atoms with Crippen LogP contribution in [0.3, 0.4) is 0 Å². The molecule has 2 heterocycles. The number of hydrogen-bond donors (Lipinski definition) is 0. The molecule has 1 atom stereocenters. The second-order valence-corrected chi connectivity index (χ2v) is 9.11. The van der Waals surface area contributed by atoms with Crippen molar-refractivity contribution >= 4 is 20.9 Å². The molecule has 0 spiro atoms. The fourth-order valence-electron chi connectivity index (χ4n) is 3.50. The largest absolute Gasteiger partial charge is 0.497 e. The van der Waals surface area contributed by atoms with Gasteiger partial charge in [-0.3, -0.25) is 4.90 Å². The predicted octanol–water partition coefficient (Wildman–Crippen LogP) is 3.03. The summed E-state index contributed by atoms with van der Waals surface area (Å²) < 4.78 is 35.1. The molecule has 2 aromatic carbocycles. The molecule has 0 aliphatic carbocycles. The summed E-state index contributed by atoms with van der Waals surface area (Å²) >= 11 is 0. The summed E-state index contributed by atoms with van der Waals surface area (Å²) in [6.45, 7) is 1.10. The number of aromatic nitrogens is 1. The fourth-order valence-corrected chi connectivity index (χ4v) is 5.27. The van der Waals surface area contributed by atoms with Crippen LogP contribution in [0.2, 0.25) is 0 Å². The first-order valence-corrected chi connectivity index (χ1v) is 10.8. The van der Waals surface area contributed by atoms with Crippen LogP contribution in [0.1, 0.15) is 17.9 Å². The van der Waals surface area contributed by atoms with E-state index in [2.05, 4.69) is 9.88 Å². The summed E-state index contributed by atoms with van der Waals surface area (Å²) in [6, 6.07) is 15.4. The summed E-state index contributed by atoms with van der Waals surface area (Å²) in [4.78, 5) is 6.70. The van der Waals surface area contributed by atoms with Crippen molar-refractivity contribution in [3.05, 3.63) is 60.0 Å². The highest BCUT2D eigenvalue weighted by Gasteiger charge is 2.33. The lowest BCUT2D eigenvalue weighted by molar-refractivity contribution is 0.177. The molecule has 27 heavy (non-hydrogen) atoms. The standard InChI is InChI=1S/C20H22N2O4S/c1-25-17-8-6-15(7-9-17)12-22(16-10-11-27(23,24)14-16)13-20-21-18-4-2-3-5-19(18)26-20/h2-9,16H,10-14H2,1H3/t16-/m0/s1. The number of oxazole rings is 1. The minimum atomic E-state index is -2.97. The van der Waals surface area contributed by atoms with E-state index in [1.165, 1.54) is 0 Å². The van der Waals surface area contributed by atoms with Gasteiger partial charge in [0.25, 0.3) is 0 Å². The van der Waals surface area contributed by atoms with Gasteiger partial charge in [-0.05, 0) is 36.2 Å². The van der Waals surface area contributed by atoms with Crippen LogP contribution in [0.25, 0.3) is 11.1 Å². The van der Waals surface area contributed by atoms with E-state index in [1.54, 1.807) is 7.11 Å². The molecule has 7 heteroatoms. The van der Waals surface area contributed by atoms with Gasteiger partial charge in [-0.2, -0.15) is 0 Å². The molecular formula is C20H22N2O4S. The van der Waals surface area contributed by atoms with Gasteiger partial charge in [0.2, 0.25) is 5.89 Å². The van der Waals surface area contributed by atoms with Crippen molar-refractivity contribution in [1.82, 2.24) is 9.88 Å². The van der Waals surface area contributed by atoms with E-state index in [-0.39, 0.29) is 17.5 Å². The molecule has 142 valence electrons. The summed E-state index contributed by atoms with van der Waals surface area (Å²) in [5.74, 6) is 1.83.